The van der Waals surface area contributed by atoms with Gasteiger partial charge in [-0.3, -0.25) is 0 Å². The smallest absolute Gasteiger partial charge is 1.00 e. The van der Waals surface area contributed by atoms with Gasteiger partial charge in [-0.1, -0.05) is 19.3 Å². The van der Waals surface area contributed by atoms with E-state index < -0.39 is 0 Å². The van der Waals surface area contributed by atoms with Gasteiger partial charge in [0.1, 0.15) is 0 Å². The third kappa shape index (κ3) is 11.9. The zero-order valence-corrected chi connectivity index (χ0v) is 8.76. The molecule has 0 rings (SSSR count). The molecule has 0 unspecified atom stereocenters. The monoisotopic (exact) mass is 174 g/mol. The van der Waals surface area contributed by atoms with Crippen LogP contribution >= 0.6 is 0 Å². The molecule has 10 heavy (non-hydrogen) atoms. The maximum atomic E-state index is 8.37. The van der Waals surface area contributed by atoms with Gasteiger partial charge in [0.15, 0.2) is 0 Å². The molecule has 0 atom stereocenters. The van der Waals surface area contributed by atoms with Crippen molar-refractivity contribution in [2.75, 3.05) is 13.2 Å². The van der Waals surface area contributed by atoms with Crippen molar-refractivity contribution in [3.8, 4) is 0 Å². The molecule has 0 aliphatic heterocycles. The van der Waals surface area contributed by atoms with E-state index in [9.17, 15) is 0 Å². The molecule has 2 nitrogen and oxygen atoms in total. The Morgan fingerprint density at radius 2 is 1.00 bits per heavy atom. The quantitative estimate of drug-likeness (QED) is 0.461. The van der Waals surface area contributed by atoms with Crippen LogP contribution in [-0.2, 0) is 0 Å². The molecule has 0 fully saturated rings. The van der Waals surface area contributed by atoms with Crippen LogP contribution in [0.25, 0.3) is 0 Å². The molecule has 0 saturated carbocycles. The molecule has 2 N–H and O–H groups in total. The van der Waals surface area contributed by atoms with E-state index in [1.54, 1.807) is 0 Å². The summed E-state index contributed by atoms with van der Waals surface area (Å²) in [6, 6.07) is 0. The molecule has 0 aromatic carbocycles. The fourth-order valence-corrected chi connectivity index (χ4v) is 0.754. The summed E-state index contributed by atoms with van der Waals surface area (Å²) in [6.07, 6.45) is 5.14. The zero-order chi connectivity index (χ0) is 6.95. The van der Waals surface area contributed by atoms with Gasteiger partial charge in [-0.05, 0) is 12.8 Å². The second kappa shape index (κ2) is 12.8. The van der Waals surface area contributed by atoms with Gasteiger partial charge in [-0.2, -0.15) is 0 Å². The largest absolute Gasteiger partial charge is 2.00 e. The molecule has 0 spiro atoms. The Balaban J connectivity index is -0.000000107. The number of aliphatic hydroxyl groups excluding tert-OH is 2. The van der Waals surface area contributed by atoms with Crippen molar-refractivity contribution < 1.29 is 13.1 Å². The van der Waals surface area contributed by atoms with E-state index in [2.05, 4.69) is 0 Å². The first-order valence-electron chi connectivity index (χ1n) is 3.63. The zero-order valence-electron chi connectivity index (χ0n) is 8.55. The Hall–Kier alpha value is 1.18. The Kier molecular flexibility index (Phi) is 17.6. The van der Waals surface area contributed by atoms with Crippen LogP contribution in [-0.4, -0.2) is 61.2 Å². The van der Waals surface area contributed by atoms with Crippen molar-refractivity contribution in [1.82, 2.24) is 0 Å². The fourth-order valence-electron chi connectivity index (χ4n) is 0.754. The van der Waals surface area contributed by atoms with Crippen LogP contribution in [0.5, 0.6) is 0 Å². The molecule has 0 aromatic rings. The second-order valence-electron chi connectivity index (χ2n) is 2.21. The van der Waals surface area contributed by atoms with Crippen LogP contribution in [0, 0.1) is 0 Å². The maximum absolute atomic E-state index is 8.37. The second-order valence-corrected chi connectivity index (χ2v) is 2.21. The topological polar surface area (TPSA) is 40.5 Å². The van der Waals surface area contributed by atoms with E-state index in [-0.39, 0.29) is 40.6 Å². The number of rotatable bonds is 6. The average Bonchev–Trinajstić information content (AvgIpc) is 1.89. The molecule has 3 heteroatoms. The van der Waals surface area contributed by atoms with Crippen LogP contribution < -0.4 is 0 Å². The minimum absolute atomic E-state index is 0. The fraction of sp³-hybridized carbons (Fsp3) is 1.00. The molecule has 0 saturated heterocycles. The van der Waals surface area contributed by atoms with Crippen LogP contribution in [0.2, 0.25) is 0 Å². The molecular formula is C7H18CaO2. The third-order valence-electron chi connectivity index (χ3n) is 1.32. The van der Waals surface area contributed by atoms with Gasteiger partial charge in [0.25, 0.3) is 0 Å². The number of aliphatic hydroxyl groups is 2. The van der Waals surface area contributed by atoms with E-state index in [1.165, 1.54) is 0 Å². The van der Waals surface area contributed by atoms with Gasteiger partial charge < -0.3 is 13.1 Å². The molecule has 0 heterocycles. The molecule has 0 amide bonds. The Morgan fingerprint density at radius 3 is 1.30 bits per heavy atom. The summed E-state index contributed by atoms with van der Waals surface area (Å²) >= 11 is 0. The van der Waals surface area contributed by atoms with Crippen molar-refractivity contribution >= 4 is 37.7 Å². The van der Waals surface area contributed by atoms with Crippen molar-refractivity contribution in [2.24, 2.45) is 0 Å². The SMILES string of the molecule is OCCCCCCCO.[Ca+2].[H-].[H-]. The molecular weight excluding hydrogens is 156 g/mol. The summed E-state index contributed by atoms with van der Waals surface area (Å²) in [5.41, 5.74) is 0. The van der Waals surface area contributed by atoms with Crippen LogP contribution in [0.4, 0.5) is 0 Å². The maximum Gasteiger partial charge on any atom is 2.00 e. The number of unbranched alkanes of at least 4 members (excludes halogenated alkanes) is 4. The van der Waals surface area contributed by atoms with E-state index in [4.69, 9.17) is 10.2 Å². The first kappa shape index (κ1) is 13.7. The first-order chi connectivity index (χ1) is 4.41. The van der Waals surface area contributed by atoms with E-state index in [0.717, 1.165) is 32.1 Å². The van der Waals surface area contributed by atoms with Gasteiger partial charge in [-0.25, -0.2) is 0 Å². The van der Waals surface area contributed by atoms with Gasteiger partial charge in [0.2, 0.25) is 0 Å². The van der Waals surface area contributed by atoms with Crippen LogP contribution in [0.3, 0.4) is 0 Å². The summed E-state index contributed by atoms with van der Waals surface area (Å²) in [6.45, 7) is 0.609. The van der Waals surface area contributed by atoms with Crippen molar-refractivity contribution in [2.45, 2.75) is 32.1 Å². The van der Waals surface area contributed by atoms with Crippen molar-refractivity contribution in [1.29, 1.82) is 0 Å². The van der Waals surface area contributed by atoms with Gasteiger partial charge in [0.05, 0.1) is 0 Å². The molecule has 0 bridgehead atoms. The molecule has 0 aliphatic rings. The Bertz CT molecular complexity index is 52.7. The molecule has 60 valence electrons. The first-order valence-corrected chi connectivity index (χ1v) is 3.63. The Labute approximate surface area is 95.6 Å². The van der Waals surface area contributed by atoms with Crippen molar-refractivity contribution in [3.05, 3.63) is 0 Å². The van der Waals surface area contributed by atoms with Gasteiger partial charge in [0, 0.05) is 13.2 Å². The Morgan fingerprint density at radius 1 is 0.700 bits per heavy atom. The molecule has 0 aliphatic carbocycles. The van der Waals surface area contributed by atoms with Crippen LogP contribution in [0.1, 0.15) is 35.0 Å². The normalized spacial score (nSPS) is 9.00. The van der Waals surface area contributed by atoms with Crippen molar-refractivity contribution in [3.63, 3.8) is 0 Å². The van der Waals surface area contributed by atoms with E-state index in [0.29, 0.717) is 13.2 Å². The summed E-state index contributed by atoms with van der Waals surface area (Å²) in [7, 11) is 0. The van der Waals surface area contributed by atoms with Gasteiger partial charge >= 0.3 is 37.7 Å². The summed E-state index contributed by atoms with van der Waals surface area (Å²) in [4.78, 5) is 0. The number of hydrogen-bond donors (Lipinski definition) is 2. The minimum Gasteiger partial charge on any atom is -1.00 e. The predicted octanol–water partition coefficient (Wildman–Crippen LogP) is 0.766. The molecule has 0 aromatic heterocycles. The predicted molar refractivity (Wildman–Crippen MR) is 45.2 cm³/mol. The van der Waals surface area contributed by atoms with E-state index in [1.807, 2.05) is 0 Å². The van der Waals surface area contributed by atoms with Crippen LogP contribution in [0.15, 0.2) is 0 Å². The number of hydrogen-bond acceptors (Lipinski definition) is 2. The van der Waals surface area contributed by atoms with E-state index >= 15 is 0 Å². The van der Waals surface area contributed by atoms with Gasteiger partial charge in [-0.15, -0.1) is 0 Å². The summed E-state index contributed by atoms with van der Waals surface area (Å²) < 4.78 is 0. The summed E-state index contributed by atoms with van der Waals surface area (Å²) in [5.74, 6) is 0. The standard InChI is InChI=1S/C7H16O2.Ca.2H/c8-6-4-2-1-3-5-7-9;;;/h8-9H,1-7H2;;;/q;+2;2*-1. The third-order valence-corrected chi connectivity index (χ3v) is 1.32. The average molecular weight is 174 g/mol. The summed E-state index contributed by atoms with van der Waals surface area (Å²) in [5, 5.41) is 16.7. The minimum atomic E-state index is 0. The molecule has 0 radical (unpaired) electrons.